The van der Waals surface area contributed by atoms with E-state index in [2.05, 4.69) is 25.9 Å². The van der Waals surface area contributed by atoms with E-state index in [0.29, 0.717) is 17.4 Å². The molecule has 0 aliphatic carbocycles. The highest BCUT2D eigenvalue weighted by atomic mass is 79.9. The number of aryl methyl sites for hydroxylation is 1. The molecule has 0 fully saturated rings. The van der Waals surface area contributed by atoms with E-state index in [4.69, 9.17) is 10.5 Å². The van der Waals surface area contributed by atoms with Crippen LogP contribution in [0.3, 0.4) is 0 Å². The van der Waals surface area contributed by atoms with Crippen molar-refractivity contribution < 1.29 is 4.74 Å². The second kappa shape index (κ2) is 4.49. The Morgan fingerprint density at radius 2 is 1.94 bits per heavy atom. The highest BCUT2D eigenvalue weighted by Crippen LogP contribution is 2.29. The van der Waals surface area contributed by atoms with Crippen molar-refractivity contribution in [2.24, 2.45) is 0 Å². The van der Waals surface area contributed by atoms with Gasteiger partial charge in [-0.2, -0.15) is 0 Å². The number of ether oxygens (including phenoxy) is 1. The first kappa shape index (κ1) is 10.9. The molecule has 82 valence electrons. The highest BCUT2D eigenvalue weighted by molar-refractivity contribution is 9.10. The third-order valence-corrected chi connectivity index (χ3v) is 2.57. The lowest BCUT2D eigenvalue weighted by atomic mass is 10.3. The van der Waals surface area contributed by atoms with Gasteiger partial charge in [0.05, 0.1) is 4.47 Å². The molecule has 4 nitrogen and oxygen atoms in total. The summed E-state index contributed by atoms with van der Waals surface area (Å²) < 4.78 is 6.31. The molecule has 5 heteroatoms. The highest BCUT2D eigenvalue weighted by Gasteiger charge is 2.04. The maximum atomic E-state index is 5.66. The van der Waals surface area contributed by atoms with Crippen LogP contribution in [-0.2, 0) is 0 Å². The molecule has 0 aliphatic rings. The molecule has 2 rings (SSSR count). The summed E-state index contributed by atoms with van der Waals surface area (Å²) in [4.78, 5) is 8.10. The molecule has 0 saturated heterocycles. The van der Waals surface area contributed by atoms with Gasteiger partial charge in [-0.25, -0.2) is 9.97 Å². The number of nitrogen functional groups attached to an aromatic ring is 1. The minimum absolute atomic E-state index is 0.303. The molecule has 0 amide bonds. The summed E-state index contributed by atoms with van der Waals surface area (Å²) >= 11 is 3.37. The molecule has 0 spiro atoms. The van der Waals surface area contributed by atoms with E-state index in [9.17, 15) is 0 Å². The molecular formula is C11H10BrN3O. The van der Waals surface area contributed by atoms with Gasteiger partial charge in [-0.3, -0.25) is 0 Å². The van der Waals surface area contributed by atoms with Crippen molar-refractivity contribution in [3.05, 3.63) is 40.6 Å². The van der Waals surface area contributed by atoms with Gasteiger partial charge in [0.1, 0.15) is 5.75 Å². The number of halogens is 1. The number of benzene rings is 1. The Hall–Kier alpha value is -1.62. The lowest BCUT2D eigenvalue weighted by molar-refractivity contribution is 0.439. The number of hydrogen-bond donors (Lipinski definition) is 1. The average molecular weight is 280 g/mol. The molecule has 1 aromatic heterocycles. The Kier molecular flexibility index (Phi) is 3.05. The second-order valence-corrected chi connectivity index (χ2v) is 4.19. The van der Waals surface area contributed by atoms with Crippen molar-refractivity contribution in [2.75, 3.05) is 5.73 Å². The van der Waals surface area contributed by atoms with Gasteiger partial charge in [0.2, 0.25) is 0 Å². The number of anilines is 1. The van der Waals surface area contributed by atoms with Crippen LogP contribution in [-0.4, -0.2) is 9.97 Å². The van der Waals surface area contributed by atoms with Gasteiger partial charge >= 0.3 is 6.01 Å². The fourth-order valence-electron chi connectivity index (χ4n) is 1.13. The Balaban J connectivity index is 2.26. The maximum Gasteiger partial charge on any atom is 0.321 e. The van der Waals surface area contributed by atoms with E-state index in [0.717, 1.165) is 10.0 Å². The van der Waals surface area contributed by atoms with E-state index in [1.807, 2.05) is 13.0 Å². The first-order valence-corrected chi connectivity index (χ1v) is 5.46. The minimum Gasteiger partial charge on any atom is -0.423 e. The van der Waals surface area contributed by atoms with Crippen LogP contribution in [0.1, 0.15) is 5.56 Å². The molecule has 2 aromatic rings. The van der Waals surface area contributed by atoms with Crippen molar-refractivity contribution in [2.45, 2.75) is 6.92 Å². The molecule has 0 unspecified atom stereocenters. The van der Waals surface area contributed by atoms with Crippen LogP contribution in [0.4, 0.5) is 5.69 Å². The Labute approximate surface area is 102 Å². The van der Waals surface area contributed by atoms with Gasteiger partial charge in [-0.1, -0.05) is 0 Å². The lowest BCUT2D eigenvalue weighted by Gasteiger charge is -2.06. The number of hydrogen-bond acceptors (Lipinski definition) is 4. The second-order valence-electron chi connectivity index (χ2n) is 3.33. The summed E-state index contributed by atoms with van der Waals surface area (Å²) in [6, 6.07) is 5.62. The zero-order chi connectivity index (χ0) is 11.5. The van der Waals surface area contributed by atoms with E-state index in [1.165, 1.54) is 0 Å². The van der Waals surface area contributed by atoms with Crippen LogP contribution >= 0.6 is 15.9 Å². The topological polar surface area (TPSA) is 61.0 Å². The van der Waals surface area contributed by atoms with Crippen LogP contribution in [0.25, 0.3) is 0 Å². The van der Waals surface area contributed by atoms with Crippen LogP contribution in [0.2, 0.25) is 0 Å². The smallest absolute Gasteiger partial charge is 0.321 e. The molecule has 0 radical (unpaired) electrons. The molecule has 0 bridgehead atoms. The summed E-state index contributed by atoms with van der Waals surface area (Å²) in [5, 5.41) is 0. The van der Waals surface area contributed by atoms with Crippen molar-refractivity contribution in [1.82, 2.24) is 9.97 Å². The Bertz CT molecular complexity index is 499. The van der Waals surface area contributed by atoms with Gasteiger partial charge in [0, 0.05) is 24.1 Å². The Morgan fingerprint density at radius 3 is 2.62 bits per heavy atom. The maximum absolute atomic E-state index is 5.66. The normalized spacial score (nSPS) is 10.1. The third kappa shape index (κ3) is 2.49. The summed E-state index contributed by atoms with van der Waals surface area (Å²) in [6.45, 7) is 1.92. The summed E-state index contributed by atoms with van der Waals surface area (Å²) in [7, 11) is 0. The summed E-state index contributed by atoms with van der Waals surface area (Å²) in [5.41, 5.74) is 7.28. The summed E-state index contributed by atoms with van der Waals surface area (Å²) in [6.07, 6.45) is 3.39. The van der Waals surface area contributed by atoms with Gasteiger partial charge in [0.15, 0.2) is 0 Å². The summed E-state index contributed by atoms with van der Waals surface area (Å²) in [5.74, 6) is 0.601. The third-order valence-electron chi connectivity index (χ3n) is 1.91. The first-order valence-electron chi connectivity index (χ1n) is 4.66. The van der Waals surface area contributed by atoms with Crippen molar-refractivity contribution >= 4 is 21.6 Å². The van der Waals surface area contributed by atoms with E-state index in [1.54, 1.807) is 24.5 Å². The predicted octanol–water partition coefficient (Wildman–Crippen LogP) is 2.92. The lowest BCUT2D eigenvalue weighted by Crippen LogP contribution is -1.93. The molecule has 1 aromatic carbocycles. The van der Waals surface area contributed by atoms with E-state index in [-0.39, 0.29) is 0 Å². The number of nitrogens with zero attached hydrogens (tertiary/aromatic N) is 2. The van der Waals surface area contributed by atoms with Crippen molar-refractivity contribution in [3.63, 3.8) is 0 Å². The monoisotopic (exact) mass is 279 g/mol. The molecule has 2 N–H and O–H groups in total. The van der Waals surface area contributed by atoms with Crippen LogP contribution in [0.15, 0.2) is 35.1 Å². The molecule has 0 aliphatic heterocycles. The quantitative estimate of drug-likeness (QED) is 0.859. The van der Waals surface area contributed by atoms with E-state index < -0.39 is 0 Å². The fourth-order valence-corrected chi connectivity index (χ4v) is 1.46. The number of aromatic nitrogens is 2. The zero-order valence-electron chi connectivity index (χ0n) is 8.64. The van der Waals surface area contributed by atoms with Gasteiger partial charge in [0.25, 0.3) is 0 Å². The van der Waals surface area contributed by atoms with Crippen LogP contribution in [0.5, 0.6) is 11.8 Å². The molecule has 0 saturated carbocycles. The SMILES string of the molecule is Cc1cnc(Oc2cc(N)ccc2Br)nc1. The van der Waals surface area contributed by atoms with E-state index >= 15 is 0 Å². The zero-order valence-corrected chi connectivity index (χ0v) is 10.2. The number of rotatable bonds is 2. The minimum atomic E-state index is 0.303. The average Bonchev–Trinajstić information content (AvgIpc) is 2.27. The molecule has 16 heavy (non-hydrogen) atoms. The fraction of sp³-hybridized carbons (Fsp3) is 0.0909. The number of nitrogens with two attached hydrogens (primary N) is 1. The Morgan fingerprint density at radius 1 is 1.25 bits per heavy atom. The van der Waals surface area contributed by atoms with Gasteiger partial charge in [-0.15, -0.1) is 0 Å². The van der Waals surface area contributed by atoms with Crippen molar-refractivity contribution in [1.29, 1.82) is 0 Å². The van der Waals surface area contributed by atoms with Gasteiger partial charge in [-0.05, 0) is 40.5 Å². The molecular weight excluding hydrogens is 270 g/mol. The van der Waals surface area contributed by atoms with Crippen LogP contribution < -0.4 is 10.5 Å². The largest absolute Gasteiger partial charge is 0.423 e. The standard InChI is InChI=1S/C11H10BrN3O/c1-7-5-14-11(15-6-7)16-10-4-8(13)2-3-9(10)12/h2-6H,13H2,1H3. The molecule has 0 atom stereocenters. The van der Waals surface area contributed by atoms with Crippen LogP contribution in [0, 0.1) is 6.92 Å². The van der Waals surface area contributed by atoms with Gasteiger partial charge < -0.3 is 10.5 Å². The molecule has 1 heterocycles. The van der Waals surface area contributed by atoms with Crippen molar-refractivity contribution in [3.8, 4) is 11.8 Å². The first-order chi connectivity index (χ1) is 7.65. The predicted molar refractivity (Wildman–Crippen MR) is 65.4 cm³/mol.